The Morgan fingerprint density at radius 3 is 1.75 bits per heavy atom. The van der Waals surface area contributed by atoms with E-state index in [4.69, 9.17) is 0 Å². The molecule has 0 aliphatic carbocycles. The van der Waals surface area contributed by atoms with Gasteiger partial charge in [-0.3, -0.25) is 4.84 Å². The standard InChI is InChI=1S/C11H22F3NO/c1-8(2)5-10(6-9(3)4)15-16-7-11(12,13)14/h8-10,15H,5-7H2,1-4H3. The van der Waals surface area contributed by atoms with Gasteiger partial charge in [0.1, 0.15) is 0 Å². The van der Waals surface area contributed by atoms with Crippen molar-refractivity contribution in [3.63, 3.8) is 0 Å². The molecular formula is C11H22F3NO. The monoisotopic (exact) mass is 241 g/mol. The van der Waals surface area contributed by atoms with Crippen molar-refractivity contribution >= 4 is 0 Å². The maximum atomic E-state index is 11.9. The van der Waals surface area contributed by atoms with Gasteiger partial charge in [-0.2, -0.15) is 18.7 Å². The van der Waals surface area contributed by atoms with Crippen molar-refractivity contribution in [1.82, 2.24) is 5.48 Å². The Balaban J connectivity index is 3.92. The van der Waals surface area contributed by atoms with Gasteiger partial charge in [-0.1, -0.05) is 27.7 Å². The zero-order valence-electron chi connectivity index (χ0n) is 10.4. The second kappa shape index (κ2) is 7.12. The van der Waals surface area contributed by atoms with Crippen LogP contribution in [0.25, 0.3) is 0 Å². The van der Waals surface area contributed by atoms with E-state index < -0.39 is 12.8 Å². The molecule has 2 nitrogen and oxygen atoms in total. The van der Waals surface area contributed by atoms with E-state index in [1.54, 1.807) is 0 Å². The summed E-state index contributed by atoms with van der Waals surface area (Å²) in [4.78, 5) is 4.49. The van der Waals surface area contributed by atoms with Crippen LogP contribution in [0.2, 0.25) is 0 Å². The van der Waals surface area contributed by atoms with Gasteiger partial charge in [-0.05, 0) is 24.7 Å². The van der Waals surface area contributed by atoms with Gasteiger partial charge >= 0.3 is 6.18 Å². The molecule has 16 heavy (non-hydrogen) atoms. The summed E-state index contributed by atoms with van der Waals surface area (Å²) in [7, 11) is 0. The van der Waals surface area contributed by atoms with Crippen LogP contribution >= 0.6 is 0 Å². The van der Waals surface area contributed by atoms with Crippen molar-refractivity contribution in [2.45, 2.75) is 52.8 Å². The van der Waals surface area contributed by atoms with Crippen molar-refractivity contribution in [1.29, 1.82) is 0 Å². The maximum Gasteiger partial charge on any atom is 0.413 e. The van der Waals surface area contributed by atoms with Crippen LogP contribution < -0.4 is 5.48 Å². The number of hydrogen-bond acceptors (Lipinski definition) is 2. The third kappa shape index (κ3) is 10.2. The lowest BCUT2D eigenvalue weighted by molar-refractivity contribution is -0.193. The van der Waals surface area contributed by atoms with Crippen molar-refractivity contribution in [3.8, 4) is 0 Å². The fourth-order valence-corrected chi connectivity index (χ4v) is 1.57. The van der Waals surface area contributed by atoms with Crippen LogP contribution in [0.1, 0.15) is 40.5 Å². The summed E-state index contributed by atoms with van der Waals surface area (Å²) in [6, 6.07) is -0.0117. The summed E-state index contributed by atoms with van der Waals surface area (Å²) in [5.74, 6) is 0.872. The van der Waals surface area contributed by atoms with Crippen molar-refractivity contribution in [2.75, 3.05) is 6.61 Å². The predicted octanol–water partition coefficient (Wildman–Crippen LogP) is 3.53. The Morgan fingerprint density at radius 1 is 1.00 bits per heavy atom. The Kier molecular flexibility index (Phi) is 6.99. The number of nitrogens with one attached hydrogen (secondary N) is 1. The normalized spacial score (nSPS) is 13.1. The summed E-state index contributed by atoms with van der Waals surface area (Å²) >= 11 is 0. The molecule has 98 valence electrons. The Bertz CT molecular complexity index is 171. The van der Waals surface area contributed by atoms with Crippen LogP contribution in [-0.4, -0.2) is 18.8 Å². The summed E-state index contributed by atoms with van der Waals surface area (Å²) in [5, 5.41) is 0. The molecule has 0 aliphatic heterocycles. The first-order chi connectivity index (χ1) is 7.20. The number of hydroxylamine groups is 1. The van der Waals surface area contributed by atoms with Gasteiger partial charge in [-0.25, -0.2) is 0 Å². The SMILES string of the molecule is CC(C)CC(CC(C)C)NOCC(F)(F)F. The van der Waals surface area contributed by atoms with E-state index in [0.717, 1.165) is 12.8 Å². The van der Waals surface area contributed by atoms with E-state index in [1.165, 1.54) is 0 Å². The van der Waals surface area contributed by atoms with E-state index in [9.17, 15) is 13.2 Å². The van der Waals surface area contributed by atoms with Gasteiger partial charge in [0, 0.05) is 6.04 Å². The molecule has 0 saturated heterocycles. The Labute approximate surface area is 95.5 Å². The lowest BCUT2D eigenvalue weighted by Gasteiger charge is -2.22. The van der Waals surface area contributed by atoms with Gasteiger partial charge < -0.3 is 0 Å². The minimum Gasteiger partial charge on any atom is -0.292 e. The third-order valence-electron chi connectivity index (χ3n) is 2.00. The fraction of sp³-hybridized carbons (Fsp3) is 1.00. The molecule has 0 spiro atoms. The van der Waals surface area contributed by atoms with Crippen LogP contribution in [0.15, 0.2) is 0 Å². The molecule has 0 aromatic carbocycles. The summed E-state index contributed by atoms with van der Waals surface area (Å²) in [6.45, 7) is 6.93. The van der Waals surface area contributed by atoms with E-state index in [1.807, 2.05) is 27.7 Å². The molecule has 0 aromatic rings. The summed E-state index contributed by atoms with van der Waals surface area (Å²) in [5.41, 5.74) is 2.52. The molecule has 0 fully saturated rings. The predicted molar refractivity (Wildman–Crippen MR) is 57.8 cm³/mol. The van der Waals surface area contributed by atoms with Gasteiger partial charge in [0.05, 0.1) is 0 Å². The molecule has 0 saturated carbocycles. The number of alkyl halides is 3. The summed E-state index contributed by atoms with van der Waals surface area (Å²) in [6.07, 6.45) is -2.64. The quantitative estimate of drug-likeness (QED) is 0.688. The molecule has 0 radical (unpaired) electrons. The van der Waals surface area contributed by atoms with Crippen LogP contribution in [0.3, 0.4) is 0 Å². The largest absolute Gasteiger partial charge is 0.413 e. The topological polar surface area (TPSA) is 21.3 Å². The van der Waals surface area contributed by atoms with Gasteiger partial charge in [0.15, 0.2) is 6.61 Å². The first kappa shape index (κ1) is 15.7. The molecule has 0 atom stereocenters. The Morgan fingerprint density at radius 2 is 1.44 bits per heavy atom. The van der Waals surface area contributed by atoms with Crippen molar-refractivity contribution in [3.05, 3.63) is 0 Å². The molecular weight excluding hydrogens is 219 g/mol. The minimum absolute atomic E-state index is 0.0117. The zero-order chi connectivity index (χ0) is 12.8. The molecule has 0 bridgehead atoms. The van der Waals surface area contributed by atoms with Gasteiger partial charge in [0.2, 0.25) is 0 Å². The molecule has 5 heteroatoms. The first-order valence-electron chi connectivity index (χ1n) is 5.64. The number of hydrogen-bond donors (Lipinski definition) is 1. The highest BCUT2D eigenvalue weighted by molar-refractivity contribution is 4.66. The van der Waals surface area contributed by atoms with E-state index in [2.05, 4.69) is 10.3 Å². The fourth-order valence-electron chi connectivity index (χ4n) is 1.57. The average Bonchev–Trinajstić information content (AvgIpc) is 1.98. The lowest BCUT2D eigenvalue weighted by Crippen LogP contribution is -2.35. The summed E-state index contributed by atoms with van der Waals surface area (Å²) < 4.78 is 35.6. The highest BCUT2D eigenvalue weighted by atomic mass is 19.4. The molecule has 0 heterocycles. The third-order valence-corrected chi connectivity index (χ3v) is 2.00. The number of halogens is 3. The van der Waals surface area contributed by atoms with Crippen molar-refractivity contribution in [2.24, 2.45) is 11.8 Å². The minimum atomic E-state index is -4.27. The molecule has 0 unspecified atom stereocenters. The maximum absolute atomic E-state index is 11.9. The van der Waals surface area contributed by atoms with Gasteiger partial charge in [-0.15, -0.1) is 0 Å². The molecule has 1 N–H and O–H groups in total. The van der Waals surface area contributed by atoms with Gasteiger partial charge in [0.25, 0.3) is 0 Å². The van der Waals surface area contributed by atoms with E-state index in [-0.39, 0.29) is 6.04 Å². The average molecular weight is 241 g/mol. The van der Waals surface area contributed by atoms with Crippen LogP contribution in [0.4, 0.5) is 13.2 Å². The molecule has 0 aromatic heterocycles. The Hall–Kier alpha value is -0.290. The van der Waals surface area contributed by atoms with Crippen LogP contribution in [0.5, 0.6) is 0 Å². The second-order valence-electron chi connectivity index (χ2n) is 4.98. The van der Waals surface area contributed by atoms with Crippen molar-refractivity contribution < 1.29 is 18.0 Å². The van der Waals surface area contributed by atoms with E-state index in [0.29, 0.717) is 11.8 Å². The van der Waals surface area contributed by atoms with Crippen LogP contribution in [-0.2, 0) is 4.84 Å². The van der Waals surface area contributed by atoms with E-state index >= 15 is 0 Å². The highest BCUT2D eigenvalue weighted by Gasteiger charge is 2.28. The highest BCUT2D eigenvalue weighted by Crippen LogP contribution is 2.16. The van der Waals surface area contributed by atoms with Crippen LogP contribution in [0, 0.1) is 11.8 Å². The first-order valence-corrected chi connectivity index (χ1v) is 5.64. The molecule has 0 aliphatic rings. The zero-order valence-corrected chi connectivity index (χ0v) is 10.4. The molecule has 0 rings (SSSR count). The smallest absolute Gasteiger partial charge is 0.292 e. The lowest BCUT2D eigenvalue weighted by atomic mass is 9.96. The molecule has 0 amide bonds. The second-order valence-corrected chi connectivity index (χ2v) is 4.98. The number of rotatable bonds is 7.